The Kier molecular flexibility index (Phi) is 9.94. The second kappa shape index (κ2) is 11.1. The van der Waals surface area contributed by atoms with Gasteiger partial charge in [-0.2, -0.15) is 0 Å². The molecule has 3 nitrogen and oxygen atoms in total. The molecule has 104 valence electrons. The van der Waals surface area contributed by atoms with E-state index in [1.807, 2.05) is 25.1 Å². The number of phenolic OH excluding ortho intramolecular Hbond substituents is 1. The predicted molar refractivity (Wildman–Crippen MR) is 80.6 cm³/mol. The van der Waals surface area contributed by atoms with E-state index in [0.29, 0.717) is 19.0 Å². The largest absolute Gasteiger partial charge is 0.504 e. The van der Waals surface area contributed by atoms with Crippen molar-refractivity contribution in [2.75, 3.05) is 20.3 Å². The average Bonchev–Trinajstić information content (AvgIpc) is 2.42. The van der Waals surface area contributed by atoms with Crippen molar-refractivity contribution in [2.24, 2.45) is 0 Å². The number of hydrogen-bond acceptors (Lipinski definition) is 3. The molecule has 0 fully saturated rings. The summed E-state index contributed by atoms with van der Waals surface area (Å²) in [5.41, 5.74) is 1.02. The van der Waals surface area contributed by atoms with E-state index in [-0.39, 0.29) is 5.75 Å². The lowest BCUT2D eigenvalue weighted by Crippen LogP contribution is -1.87. The molecule has 1 N–H and O–H groups in total. The van der Waals surface area contributed by atoms with Crippen LogP contribution in [0.5, 0.6) is 11.5 Å². The van der Waals surface area contributed by atoms with Gasteiger partial charge in [0.1, 0.15) is 0 Å². The summed E-state index contributed by atoms with van der Waals surface area (Å²) in [6.45, 7) is 10.1. The molecule has 0 heterocycles. The van der Waals surface area contributed by atoms with E-state index in [1.54, 1.807) is 24.3 Å². The summed E-state index contributed by atoms with van der Waals surface area (Å²) in [4.78, 5) is 0. The molecule has 0 aliphatic heterocycles. The van der Waals surface area contributed by atoms with Gasteiger partial charge in [-0.1, -0.05) is 30.4 Å². The van der Waals surface area contributed by atoms with Crippen molar-refractivity contribution in [1.82, 2.24) is 0 Å². The highest BCUT2D eigenvalue weighted by Gasteiger charge is 1.99. The molecular formula is C16H22O3. The number of allylic oxidation sites excluding steroid dienone is 1. The molecule has 19 heavy (non-hydrogen) atoms. The third kappa shape index (κ3) is 7.84. The summed E-state index contributed by atoms with van der Waals surface area (Å²) in [7, 11) is 1.54. The molecule has 3 heteroatoms. The quantitative estimate of drug-likeness (QED) is 0.626. The summed E-state index contributed by atoms with van der Waals surface area (Å²) in [5, 5.41) is 9.25. The van der Waals surface area contributed by atoms with Crippen molar-refractivity contribution in [2.45, 2.75) is 6.92 Å². The second-order valence-electron chi connectivity index (χ2n) is 3.55. The van der Waals surface area contributed by atoms with Crippen molar-refractivity contribution < 1.29 is 14.6 Å². The molecule has 0 atom stereocenters. The Morgan fingerprint density at radius 1 is 1.21 bits per heavy atom. The van der Waals surface area contributed by atoms with E-state index in [0.717, 1.165) is 5.56 Å². The van der Waals surface area contributed by atoms with E-state index < -0.39 is 0 Å². The van der Waals surface area contributed by atoms with Crippen LogP contribution in [0.2, 0.25) is 0 Å². The van der Waals surface area contributed by atoms with Gasteiger partial charge in [0.25, 0.3) is 0 Å². The lowest BCUT2D eigenvalue weighted by molar-refractivity contribution is 0.194. The average molecular weight is 262 g/mol. The van der Waals surface area contributed by atoms with E-state index >= 15 is 0 Å². The van der Waals surface area contributed by atoms with Crippen LogP contribution in [-0.4, -0.2) is 25.4 Å². The van der Waals surface area contributed by atoms with Gasteiger partial charge in [-0.3, -0.25) is 0 Å². The van der Waals surface area contributed by atoms with Crippen LogP contribution in [0.4, 0.5) is 0 Å². The van der Waals surface area contributed by atoms with Crippen molar-refractivity contribution in [3.05, 3.63) is 55.1 Å². The number of ether oxygens (including phenoxy) is 2. The first-order valence-corrected chi connectivity index (χ1v) is 5.98. The van der Waals surface area contributed by atoms with Crippen molar-refractivity contribution in [3.63, 3.8) is 0 Å². The molecule has 0 aliphatic carbocycles. The van der Waals surface area contributed by atoms with Gasteiger partial charge in [-0.05, 0) is 24.6 Å². The lowest BCUT2D eigenvalue weighted by Gasteiger charge is -2.03. The van der Waals surface area contributed by atoms with Crippen LogP contribution >= 0.6 is 0 Å². The molecule has 0 amide bonds. The maximum absolute atomic E-state index is 9.25. The number of methoxy groups -OCH3 is 1. The number of phenols is 1. The molecule has 1 aromatic carbocycles. The molecule has 0 radical (unpaired) electrons. The number of benzene rings is 1. The number of rotatable bonds is 6. The minimum atomic E-state index is 0.172. The first-order valence-electron chi connectivity index (χ1n) is 5.98. The number of hydrogen-bond donors (Lipinski definition) is 1. The fraction of sp³-hybridized carbons (Fsp3) is 0.250. The fourth-order valence-corrected chi connectivity index (χ4v) is 1.23. The Morgan fingerprint density at radius 3 is 2.32 bits per heavy atom. The fourth-order valence-electron chi connectivity index (χ4n) is 1.23. The van der Waals surface area contributed by atoms with Crippen LogP contribution in [-0.2, 0) is 4.74 Å². The van der Waals surface area contributed by atoms with Gasteiger partial charge in [-0.25, -0.2) is 0 Å². The zero-order valence-corrected chi connectivity index (χ0v) is 11.6. The molecule has 0 aliphatic rings. The molecule has 0 saturated heterocycles. The normalized spacial score (nSPS) is 9.58. The molecule has 0 unspecified atom stereocenters. The standard InChI is InChI=1S/C10H12O2.C6H10O/c1-3-4-8-5-6-9(11)10(7-8)12-2;1-3-5-7-6-4-2/h3-7,11H,1-2H3;3-4H,1-2,5-6H2. The van der Waals surface area contributed by atoms with Crippen molar-refractivity contribution in [1.29, 1.82) is 0 Å². The molecule has 0 spiro atoms. The van der Waals surface area contributed by atoms with Gasteiger partial charge in [0.2, 0.25) is 0 Å². The maximum Gasteiger partial charge on any atom is 0.161 e. The van der Waals surface area contributed by atoms with E-state index in [1.165, 1.54) is 7.11 Å². The van der Waals surface area contributed by atoms with Gasteiger partial charge in [-0.15, -0.1) is 13.2 Å². The van der Waals surface area contributed by atoms with E-state index in [9.17, 15) is 5.11 Å². The van der Waals surface area contributed by atoms with Crippen LogP contribution in [0.3, 0.4) is 0 Å². The van der Waals surface area contributed by atoms with E-state index in [2.05, 4.69) is 13.2 Å². The molecule has 0 saturated carbocycles. The maximum atomic E-state index is 9.25. The predicted octanol–water partition coefficient (Wildman–Crippen LogP) is 3.81. The highest BCUT2D eigenvalue weighted by atomic mass is 16.5. The molecule has 0 bridgehead atoms. The highest BCUT2D eigenvalue weighted by Crippen LogP contribution is 2.26. The smallest absolute Gasteiger partial charge is 0.161 e. The molecule has 1 rings (SSSR count). The van der Waals surface area contributed by atoms with Crippen LogP contribution in [0.15, 0.2) is 49.6 Å². The summed E-state index contributed by atoms with van der Waals surface area (Å²) in [5.74, 6) is 0.677. The Bertz CT molecular complexity index is 400. The summed E-state index contributed by atoms with van der Waals surface area (Å²) < 4.78 is 9.84. The minimum Gasteiger partial charge on any atom is -0.504 e. The Hall–Kier alpha value is -2.00. The van der Waals surface area contributed by atoms with E-state index in [4.69, 9.17) is 9.47 Å². The summed E-state index contributed by atoms with van der Waals surface area (Å²) in [6.07, 6.45) is 7.31. The van der Waals surface area contributed by atoms with Crippen LogP contribution in [0.1, 0.15) is 12.5 Å². The number of aromatic hydroxyl groups is 1. The van der Waals surface area contributed by atoms with Crippen LogP contribution in [0, 0.1) is 0 Å². The van der Waals surface area contributed by atoms with Gasteiger partial charge in [0.05, 0.1) is 20.3 Å². The Morgan fingerprint density at radius 2 is 1.84 bits per heavy atom. The van der Waals surface area contributed by atoms with Gasteiger partial charge in [0, 0.05) is 0 Å². The molecular weight excluding hydrogens is 240 g/mol. The third-order valence-corrected chi connectivity index (χ3v) is 2.03. The van der Waals surface area contributed by atoms with Gasteiger partial charge < -0.3 is 14.6 Å². The van der Waals surface area contributed by atoms with Crippen LogP contribution < -0.4 is 4.74 Å². The van der Waals surface area contributed by atoms with Crippen molar-refractivity contribution in [3.8, 4) is 11.5 Å². The first-order chi connectivity index (χ1) is 9.19. The van der Waals surface area contributed by atoms with Gasteiger partial charge >= 0.3 is 0 Å². The van der Waals surface area contributed by atoms with Gasteiger partial charge in [0.15, 0.2) is 11.5 Å². The third-order valence-electron chi connectivity index (χ3n) is 2.03. The zero-order valence-electron chi connectivity index (χ0n) is 11.6. The summed E-state index contributed by atoms with van der Waals surface area (Å²) >= 11 is 0. The highest BCUT2D eigenvalue weighted by molar-refractivity contribution is 5.55. The minimum absolute atomic E-state index is 0.172. The molecule has 0 aromatic heterocycles. The Balaban J connectivity index is 0.000000399. The van der Waals surface area contributed by atoms with Crippen molar-refractivity contribution >= 4 is 6.08 Å². The molecule has 1 aromatic rings. The lowest BCUT2D eigenvalue weighted by atomic mass is 10.2. The summed E-state index contributed by atoms with van der Waals surface area (Å²) in [6, 6.07) is 5.24. The van der Waals surface area contributed by atoms with Crippen LogP contribution in [0.25, 0.3) is 6.08 Å². The Labute approximate surface area is 115 Å². The topological polar surface area (TPSA) is 38.7 Å². The second-order valence-corrected chi connectivity index (χ2v) is 3.55. The monoisotopic (exact) mass is 262 g/mol. The zero-order chi connectivity index (χ0) is 14.5. The SMILES string of the molecule is C=CCOCC=C.CC=Cc1ccc(O)c(OC)c1. The first kappa shape index (κ1) is 17.0.